The van der Waals surface area contributed by atoms with Crippen LogP contribution in [0.25, 0.3) is 11.3 Å². The van der Waals surface area contributed by atoms with E-state index in [4.69, 9.17) is 0 Å². The summed E-state index contributed by atoms with van der Waals surface area (Å²) in [6, 6.07) is 4.84. The molecule has 1 aliphatic heterocycles. The van der Waals surface area contributed by atoms with Crippen LogP contribution >= 0.6 is 0 Å². The van der Waals surface area contributed by atoms with E-state index in [1.807, 2.05) is 6.92 Å². The van der Waals surface area contributed by atoms with Gasteiger partial charge in [0.25, 0.3) is 0 Å². The smallest absolute Gasteiger partial charge is 0.364 e. The van der Waals surface area contributed by atoms with E-state index in [1.54, 1.807) is 6.07 Å². The van der Waals surface area contributed by atoms with E-state index < -0.39 is 21.8 Å². The fourth-order valence-electron chi connectivity index (χ4n) is 3.68. The van der Waals surface area contributed by atoms with Gasteiger partial charge in [0.15, 0.2) is 5.82 Å². The van der Waals surface area contributed by atoms with Crippen molar-refractivity contribution in [3.63, 3.8) is 0 Å². The fourth-order valence-corrected chi connectivity index (χ4v) is 4.33. The summed E-state index contributed by atoms with van der Waals surface area (Å²) in [6.45, 7) is 8.32. The van der Waals surface area contributed by atoms with E-state index in [1.165, 1.54) is 13.0 Å². The summed E-state index contributed by atoms with van der Waals surface area (Å²) in [4.78, 5) is 2.35. The predicted molar refractivity (Wildman–Crippen MR) is 119 cm³/mol. The number of alkyl halides is 3. The van der Waals surface area contributed by atoms with Gasteiger partial charge in [-0.05, 0) is 63.5 Å². The lowest BCUT2D eigenvalue weighted by Gasteiger charge is -2.32. The lowest BCUT2D eigenvalue weighted by molar-refractivity contribution is -0.137. The quantitative estimate of drug-likeness (QED) is 0.632. The number of likely N-dealkylation sites (tertiary alicyclic amines) is 1. The van der Waals surface area contributed by atoms with Crippen molar-refractivity contribution >= 4 is 21.5 Å². The maximum atomic E-state index is 13.2. The lowest BCUT2D eigenvalue weighted by atomic mass is 10.0. The average Bonchev–Trinajstić information content (AvgIpc) is 2.74. The van der Waals surface area contributed by atoms with Crippen molar-refractivity contribution in [2.24, 2.45) is 0 Å². The van der Waals surface area contributed by atoms with Crippen LogP contribution in [0.15, 0.2) is 24.3 Å². The third-order valence-corrected chi connectivity index (χ3v) is 6.84. The second kappa shape index (κ2) is 9.62. The average molecular weight is 472 g/mol. The van der Waals surface area contributed by atoms with Gasteiger partial charge in [-0.3, -0.25) is 4.72 Å². The van der Waals surface area contributed by atoms with Crippen molar-refractivity contribution in [2.45, 2.75) is 45.8 Å². The molecule has 1 aliphatic rings. The molecule has 0 unspecified atom stereocenters. The molecule has 11 heteroatoms. The summed E-state index contributed by atoms with van der Waals surface area (Å²) in [5.74, 6) is 0.339. The van der Waals surface area contributed by atoms with Gasteiger partial charge in [-0.1, -0.05) is 13.0 Å². The first-order chi connectivity index (χ1) is 15.0. The maximum absolute atomic E-state index is 13.2. The number of nitrogens with zero attached hydrogens (tertiary/aromatic N) is 3. The number of sulfonamides is 1. The third-order valence-electron chi connectivity index (χ3n) is 5.55. The predicted octanol–water partition coefficient (Wildman–Crippen LogP) is 4.13. The minimum Gasteiger partial charge on any atom is -0.364 e. The SMILES string of the molecule is CCN1CCC[C@@H](Nc2nnc(-c3ccc(C(F)(F)F)cc3NS(=O)(=O)CC)cc2C)C1. The van der Waals surface area contributed by atoms with Crippen molar-refractivity contribution in [1.29, 1.82) is 0 Å². The normalized spacial score (nSPS) is 17.9. The van der Waals surface area contributed by atoms with Crippen molar-refractivity contribution in [3.8, 4) is 11.3 Å². The van der Waals surface area contributed by atoms with E-state index >= 15 is 0 Å². The van der Waals surface area contributed by atoms with Crippen LogP contribution < -0.4 is 10.0 Å². The van der Waals surface area contributed by atoms with Crippen molar-refractivity contribution in [3.05, 3.63) is 35.4 Å². The Morgan fingerprint density at radius 2 is 1.94 bits per heavy atom. The Labute approximate surface area is 186 Å². The number of hydrogen-bond donors (Lipinski definition) is 2. The van der Waals surface area contributed by atoms with Crippen LogP contribution in [0.1, 0.15) is 37.8 Å². The molecule has 1 atom stereocenters. The number of rotatable bonds is 7. The van der Waals surface area contributed by atoms with Gasteiger partial charge in [0.05, 0.1) is 22.7 Å². The molecule has 1 aromatic carbocycles. The second-order valence-electron chi connectivity index (χ2n) is 7.90. The zero-order valence-electron chi connectivity index (χ0n) is 18.3. The van der Waals surface area contributed by atoms with Gasteiger partial charge in [-0.2, -0.15) is 13.2 Å². The Morgan fingerprint density at radius 3 is 2.56 bits per heavy atom. The number of aryl methyl sites for hydroxylation is 1. The number of aromatic nitrogens is 2. The first-order valence-electron chi connectivity index (χ1n) is 10.6. The molecule has 0 radical (unpaired) electrons. The Balaban J connectivity index is 1.92. The third kappa shape index (κ3) is 5.89. The molecular formula is C21H28F3N5O2S. The number of hydrogen-bond acceptors (Lipinski definition) is 6. The van der Waals surface area contributed by atoms with E-state index in [0.717, 1.165) is 50.2 Å². The summed E-state index contributed by atoms with van der Waals surface area (Å²) in [5.41, 5.74) is 0.159. The highest BCUT2D eigenvalue weighted by molar-refractivity contribution is 7.92. The van der Waals surface area contributed by atoms with E-state index in [-0.39, 0.29) is 28.7 Å². The molecule has 1 saturated heterocycles. The Morgan fingerprint density at radius 1 is 1.19 bits per heavy atom. The molecule has 32 heavy (non-hydrogen) atoms. The van der Waals surface area contributed by atoms with Crippen LogP contribution in [0.4, 0.5) is 24.7 Å². The zero-order valence-corrected chi connectivity index (χ0v) is 19.1. The monoisotopic (exact) mass is 471 g/mol. The lowest BCUT2D eigenvalue weighted by Crippen LogP contribution is -2.42. The molecule has 176 valence electrons. The number of likely N-dealkylation sites (N-methyl/N-ethyl adjacent to an activating group) is 1. The van der Waals surface area contributed by atoms with Crippen LogP contribution in [-0.2, 0) is 16.2 Å². The number of halogens is 3. The van der Waals surface area contributed by atoms with Gasteiger partial charge in [-0.15, -0.1) is 10.2 Å². The van der Waals surface area contributed by atoms with Gasteiger partial charge in [0.1, 0.15) is 0 Å². The molecule has 2 N–H and O–H groups in total. The standard InChI is InChI=1S/C21H28F3N5O2S/c1-4-29-10-6-7-16(13-29)25-20-14(3)11-18(26-27-20)17-9-8-15(21(22,23)24)12-19(17)28-32(30,31)5-2/h8-9,11-12,16,28H,4-7,10,13H2,1-3H3,(H,25,27)/t16-/m1/s1. The first kappa shape index (κ1) is 24.2. The summed E-state index contributed by atoms with van der Waals surface area (Å²) in [7, 11) is -3.79. The summed E-state index contributed by atoms with van der Waals surface area (Å²) < 4.78 is 65.9. The number of piperidine rings is 1. The largest absolute Gasteiger partial charge is 0.416 e. The van der Waals surface area contributed by atoms with Crippen molar-refractivity contribution in [1.82, 2.24) is 15.1 Å². The Hall–Kier alpha value is -2.40. The maximum Gasteiger partial charge on any atom is 0.416 e. The minimum atomic E-state index is -4.60. The second-order valence-corrected chi connectivity index (χ2v) is 9.91. The van der Waals surface area contributed by atoms with Crippen molar-refractivity contribution < 1.29 is 21.6 Å². The first-order valence-corrected chi connectivity index (χ1v) is 12.2. The van der Waals surface area contributed by atoms with Gasteiger partial charge in [-0.25, -0.2) is 8.42 Å². The molecule has 2 aromatic rings. The molecule has 0 amide bonds. The number of nitrogens with one attached hydrogen (secondary N) is 2. The molecule has 2 heterocycles. The van der Waals surface area contributed by atoms with Gasteiger partial charge >= 0.3 is 6.18 Å². The molecule has 3 rings (SSSR count). The van der Waals surface area contributed by atoms with Crippen LogP contribution in [0.3, 0.4) is 0 Å². The molecule has 1 aromatic heterocycles. The van der Waals surface area contributed by atoms with Crippen LogP contribution in [-0.4, -0.2) is 54.9 Å². The van der Waals surface area contributed by atoms with Crippen molar-refractivity contribution in [2.75, 3.05) is 35.4 Å². The summed E-state index contributed by atoms with van der Waals surface area (Å²) in [6.07, 6.45) is -2.50. The van der Waals surface area contributed by atoms with Crippen LogP contribution in [0.5, 0.6) is 0 Å². The highest BCUT2D eigenvalue weighted by atomic mass is 32.2. The molecule has 7 nitrogen and oxygen atoms in total. The van der Waals surface area contributed by atoms with Gasteiger partial charge in [0, 0.05) is 18.2 Å². The van der Waals surface area contributed by atoms with E-state index in [2.05, 4.69) is 32.1 Å². The molecule has 0 aliphatic carbocycles. The van der Waals surface area contributed by atoms with Gasteiger partial charge < -0.3 is 10.2 Å². The minimum absolute atomic E-state index is 0.179. The highest BCUT2D eigenvalue weighted by Gasteiger charge is 2.32. The number of anilines is 2. The zero-order chi connectivity index (χ0) is 23.5. The summed E-state index contributed by atoms with van der Waals surface area (Å²) in [5, 5.41) is 11.8. The molecule has 0 bridgehead atoms. The molecule has 0 saturated carbocycles. The topological polar surface area (TPSA) is 87.2 Å². The highest BCUT2D eigenvalue weighted by Crippen LogP contribution is 2.36. The van der Waals surface area contributed by atoms with Crippen LogP contribution in [0.2, 0.25) is 0 Å². The van der Waals surface area contributed by atoms with Gasteiger partial charge in [0.2, 0.25) is 10.0 Å². The molecule has 1 fully saturated rings. The van der Waals surface area contributed by atoms with Crippen LogP contribution in [0, 0.1) is 6.92 Å². The molecular weight excluding hydrogens is 443 g/mol. The number of benzene rings is 1. The molecule has 0 spiro atoms. The Kier molecular flexibility index (Phi) is 7.29. The van der Waals surface area contributed by atoms with E-state index in [0.29, 0.717) is 5.82 Å². The van der Waals surface area contributed by atoms with E-state index in [9.17, 15) is 21.6 Å². The fraction of sp³-hybridized carbons (Fsp3) is 0.524. The Bertz CT molecular complexity index is 1060. The summed E-state index contributed by atoms with van der Waals surface area (Å²) >= 11 is 0.